The van der Waals surface area contributed by atoms with E-state index < -0.39 is 0 Å². The molecule has 68 heavy (non-hydrogen) atoms. The lowest BCUT2D eigenvalue weighted by atomic mass is 10.2. The molecule has 0 spiro atoms. The third-order valence-corrected chi connectivity index (χ3v) is 10.6. The van der Waals surface area contributed by atoms with Gasteiger partial charge in [0.1, 0.15) is 86.5 Å². The summed E-state index contributed by atoms with van der Waals surface area (Å²) in [5.41, 5.74) is 6.64. The zero-order valence-electron chi connectivity index (χ0n) is 37.0. The second-order valence-corrected chi connectivity index (χ2v) is 15.9. The average molecular weight is 915 g/mol. The van der Waals surface area contributed by atoms with Crippen molar-refractivity contribution in [3.8, 4) is 63.2 Å². The Morgan fingerprint density at radius 1 is 0.235 bits per heavy atom. The maximum absolute atomic E-state index is 9.78. The van der Waals surface area contributed by atoms with E-state index >= 15 is 0 Å². The number of hydrogen-bond donors (Lipinski definition) is 5. The van der Waals surface area contributed by atoms with E-state index in [0.717, 1.165) is 44.5 Å². The number of rotatable bonds is 22. The Hall–Kier alpha value is -8.48. The molecule has 8 rings (SSSR count). The molecule has 5 N–H and O–H groups in total. The number of ether oxygens (including phenoxy) is 7. The molecule has 0 atom stereocenters. The fraction of sp³-hybridized carbons (Fsp3) is 0.143. The van der Waals surface area contributed by atoms with E-state index in [4.69, 9.17) is 33.2 Å². The van der Waals surface area contributed by atoms with E-state index in [1.165, 1.54) is 0 Å². The Bertz CT molecular complexity index is 2680. The summed E-state index contributed by atoms with van der Waals surface area (Å²) in [4.78, 5) is 0. The molecule has 8 aromatic rings. The van der Waals surface area contributed by atoms with E-state index in [9.17, 15) is 25.5 Å². The van der Waals surface area contributed by atoms with E-state index in [1.807, 2.05) is 78.9 Å². The highest BCUT2D eigenvalue weighted by Gasteiger charge is 2.13. The maximum atomic E-state index is 9.78. The van der Waals surface area contributed by atoms with Crippen molar-refractivity contribution in [2.45, 2.75) is 52.9 Å². The predicted octanol–water partition coefficient (Wildman–Crippen LogP) is 11.1. The Balaban J connectivity index is 1.00. The maximum Gasteiger partial charge on any atom is 0.162 e. The van der Waals surface area contributed by atoms with Crippen LogP contribution in [0, 0.1) is 0 Å². The molecular formula is C56H50O12. The Kier molecular flexibility index (Phi) is 15.3. The lowest BCUT2D eigenvalue weighted by molar-refractivity contribution is 0.253. The minimum atomic E-state index is -0.0659. The van der Waals surface area contributed by atoms with Crippen LogP contribution in [0.1, 0.15) is 44.5 Å². The molecule has 0 aromatic heterocycles. The first-order chi connectivity index (χ1) is 33.2. The molecule has 0 radical (unpaired) electrons. The van der Waals surface area contributed by atoms with Crippen LogP contribution in [0.15, 0.2) is 176 Å². The molecule has 8 aromatic carbocycles. The second kappa shape index (κ2) is 22.6. The Morgan fingerprint density at radius 2 is 0.529 bits per heavy atom. The van der Waals surface area contributed by atoms with Gasteiger partial charge in [0.25, 0.3) is 0 Å². The molecule has 0 bridgehead atoms. The third-order valence-electron chi connectivity index (χ3n) is 10.6. The first-order valence-corrected chi connectivity index (χ1v) is 21.8. The molecule has 0 aliphatic heterocycles. The first kappa shape index (κ1) is 46.1. The van der Waals surface area contributed by atoms with Crippen LogP contribution in [0.25, 0.3) is 0 Å². The van der Waals surface area contributed by atoms with Gasteiger partial charge in [-0.2, -0.15) is 0 Å². The summed E-state index contributed by atoms with van der Waals surface area (Å²) < 4.78 is 43.9. The van der Waals surface area contributed by atoms with Crippen LogP contribution in [0.5, 0.6) is 63.2 Å². The SMILES string of the molecule is OCc1ccc(OCc2cc(OCc3ccc(OCc4ccc(O)cc4)c(OCc4ccc(O)cc4)c3)cc(OCc3ccc(OCc4ccc(O)cc4)c(OCc4ccc(O)cc4)c3)c2)cc1. The van der Waals surface area contributed by atoms with Crippen LogP contribution >= 0.6 is 0 Å². The van der Waals surface area contributed by atoms with Gasteiger partial charge in [-0.3, -0.25) is 0 Å². The fourth-order valence-corrected chi connectivity index (χ4v) is 6.83. The smallest absolute Gasteiger partial charge is 0.162 e. The molecule has 12 nitrogen and oxygen atoms in total. The number of benzene rings is 8. The number of phenolic OH excluding ortho intramolecular Hbond substituents is 4. The summed E-state index contributed by atoms with van der Waals surface area (Å²) in [5.74, 6) is 4.41. The van der Waals surface area contributed by atoms with E-state index in [1.54, 1.807) is 97.1 Å². The van der Waals surface area contributed by atoms with Gasteiger partial charge in [-0.15, -0.1) is 0 Å². The fourth-order valence-electron chi connectivity index (χ4n) is 6.83. The van der Waals surface area contributed by atoms with E-state index in [0.29, 0.717) is 40.2 Å². The van der Waals surface area contributed by atoms with Gasteiger partial charge >= 0.3 is 0 Å². The highest BCUT2D eigenvalue weighted by atomic mass is 16.5. The van der Waals surface area contributed by atoms with Crippen molar-refractivity contribution in [1.82, 2.24) is 0 Å². The molecule has 0 fully saturated rings. The largest absolute Gasteiger partial charge is 0.508 e. The molecule has 0 aliphatic carbocycles. The first-order valence-electron chi connectivity index (χ1n) is 21.8. The van der Waals surface area contributed by atoms with Gasteiger partial charge < -0.3 is 58.7 Å². The lowest BCUT2D eigenvalue weighted by Crippen LogP contribution is -2.04. The quantitative estimate of drug-likeness (QED) is 0.0437. The van der Waals surface area contributed by atoms with Gasteiger partial charge in [0.15, 0.2) is 23.0 Å². The third kappa shape index (κ3) is 13.5. The summed E-state index contributed by atoms with van der Waals surface area (Å²) in [7, 11) is 0. The van der Waals surface area contributed by atoms with Crippen LogP contribution < -0.4 is 33.2 Å². The van der Waals surface area contributed by atoms with Crippen molar-refractivity contribution in [2.24, 2.45) is 0 Å². The molecule has 0 amide bonds. The zero-order chi connectivity index (χ0) is 47.1. The van der Waals surface area contributed by atoms with Crippen LogP contribution in [0.4, 0.5) is 0 Å². The monoisotopic (exact) mass is 914 g/mol. The molecule has 0 saturated heterocycles. The number of aliphatic hydroxyl groups is 1. The number of hydrogen-bond acceptors (Lipinski definition) is 12. The van der Waals surface area contributed by atoms with Gasteiger partial charge in [0, 0.05) is 6.07 Å². The highest BCUT2D eigenvalue weighted by Crippen LogP contribution is 2.34. The van der Waals surface area contributed by atoms with Crippen LogP contribution in [-0.2, 0) is 52.9 Å². The Morgan fingerprint density at radius 3 is 0.897 bits per heavy atom. The molecule has 0 heterocycles. The summed E-state index contributed by atoms with van der Waals surface area (Å²) in [6, 6.07) is 51.2. The second-order valence-electron chi connectivity index (χ2n) is 15.9. The summed E-state index contributed by atoms with van der Waals surface area (Å²) in [5, 5.41) is 48.5. The van der Waals surface area contributed by atoms with E-state index in [-0.39, 0.29) is 75.9 Å². The summed E-state index contributed by atoms with van der Waals surface area (Å²) >= 11 is 0. The lowest BCUT2D eigenvalue weighted by Gasteiger charge is -2.17. The summed E-state index contributed by atoms with van der Waals surface area (Å²) in [6.45, 7) is 1.45. The molecular weight excluding hydrogens is 865 g/mol. The van der Waals surface area contributed by atoms with Crippen molar-refractivity contribution in [1.29, 1.82) is 0 Å². The molecule has 346 valence electrons. The van der Waals surface area contributed by atoms with Crippen molar-refractivity contribution in [3.05, 3.63) is 220 Å². The van der Waals surface area contributed by atoms with Gasteiger partial charge in [0.05, 0.1) is 6.61 Å². The van der Waals surface area contributed by atoms with Crippen molar-refractivity contribution < 1.29 is 58.7 Å². The molecule has 0 aliphatic rings. The zero-order valence-corrected chi connectivity index (χ0v) is 37.0. The van der Waals surface area contributed by atoms with Crippen LogP contribution in [-0.4, -0.2) is 25.5 Å². The average Bonchev–Trinajstić information content (AvgIpc) is 3.37. The number of phenols is 4. The topological polar surface area (TPSA) is 166 Å². The molecule has 12 heteroatoms. The number of aliphatic hydroxyl groups excluding tert-OH is 1. The van der Waals surface area contributed by atoms with Crippen LogP contribution in [0.2, 0.25) is 0 Å². The van der Waals surface area contributed by atoms with E-state index in [2.05, 4.69) is 0 Å². The van der Waals surface area contributed by atoms with Crippen LogP contribution in [0.3, 0.4) is 0 Å². The van der Waals surface area contributed by atoms with Crippen molar-refractivity contribution in [2.75, 3.05) is 0 Å². The summed E-state index contributed by atoms with van der Waals surface area (Å²) in [6.07, 6.45) is 0. The predicted molar refractivity (Wildman–Crippen MR) is 254 cm³/mol. The minimum Gasteiger partial charge on any atom is -0.508 e. The van der Waals surface area contributed by atoms with Gasteiger partial charge in [-0.25, -0.2) is 0 Å². The highest BCUT2D eigenvalue weighted by molar-refractivity contribution is 5.46. The van der Waals surface area contributed by atoms with Gasteiger partial charge in [-0.1, -0.05) is 72.8 Å². The number of aromatic hydroxyl groups is 4. The van der Waals surface area contributed by atoms with Crippen molar-refractivity contribution >= 4 is 0 Å². The van der Waals surface area contributed by atoms with Gasteiger partial charge in [-0.05, 0) is 142 Å². The standard InChI is InChI=1S/C56H50O12/c57-30-38-9-21-50(22-10-38)62-37-45-25-51(63-35-43-11-23-53(65-31-39-1-13-46(58)14-2-39)55(27-43)67-33-41-5-17-48(60)18-6-41)29-52(26-45)64-36-44-12-24-54(66-32-40-3-15-47(59)16-4-40)56(28-44)68-34-42-7-19-49(61)20-8-42/h1-29,57-61H,30-37H2. The van der Waals surface area contributed by atoms with Crippen molar-refractivity contribution in [3.63, 3.8) is 0 Å². The normalized spacial score (nSPS) is 10.8. The molecule has 0 saturated carbocycles. The molecule has 0 unspecified atom stereocenters. The van der Waals surface area contributed by atoms with Gasteiger partial charge in [0.2, 0.25) is 0 Å². The Labute approximate surface area is 394 Å². The minimum absolute atomic E-state index is 0.0659.